The van der Waals surface area contributed by atoms with Crippen molar-refractivity contribution in [3.8, 4) is 0 Å². The van der Waals surface area contributed by atoms with E-state index in [4.69, 9.17) is 4.74 Å². The first-order chi connectivity index (χ1) is 9.28. The number of hydrogen-bond donors (Lipinski definition) is 1. The van der Waals surface area contributed by atoms with E-state index in [1.165, 1.54) is 4.88 Å². The van der Waals surface area contributed by atoms with E-state index in [-0.39, 0.29) is 18.1 Å². The summed E-state index contributed by atoms with van der Waals surface area (Å²) in [6.45, 7) is 1.54. The van der Waals surface area contributed by atoms with Crippen LogP contribution in [0.5, 0.6) is 0 Å². The predicted octanol–water partition coefficient (Wildman–Crippen LogP) is 1.62. The average molecular weight is 280 g/mol. The Morgan fingerprint density at radius 2 is 2.42 bits per heavy atom. The molecule has 1 saturated heterocycles. The minimum atomic E-state index is -0.0643. The van der Waals surface area contributed by atoms with Crippen molar-refractivity contribution in [2.45, 2.75) is 44.0 Å². The molecule has 0 bridgehead atoms. The number of carbonyl (C=O) groups is 1. The van der Waals surface area contributed by atoms with E-state index in [0.717, 1.165) is 32.4 Å². The molecule has 1 aliphatic carbocycles. The molecular formula is C14H20N2O2S. The summed E-state index contributed by atoms with van der Waals surface area (Å²) in [7, 11) is 1.71. The van der Waals surface area contributed by atoms with Crippen LogP contribution in [0.1, 0.15) is 24.1 Å². The number of methoxy groups -OCH3 is 1. The van der Waals surface area contributed by atoms with Gasteiger partial charge in [-0.05, 0) is 30.7 Å². The number of hydrogen-bond acceptors (Lipinski definition) is 4. The molecule has 19 heavy (non-hydrogen) atoms. The van der Waals surface area contributed by atoms with Crippen LogP contribution in [0.3, 0.4) is 0 Å². The normalized spacial score (nSPS) is 26.6. The molecule has 0 radical (unpaired) electrons. The van der Waals surface area contributed by atoms with Gasteiger partial charge in [-0.3, -0.25) is 4.79 Å². The quantitative estimate of drug-likeness (QED) is 0.891. The Bertz CT molecular complexity index is 431. The largest absolute Gasteiger partial charge is 0.380 e. The first-order valence-corrected chi connectivity index (χ1v) is 7.75. The molecule has 3 rings (SSSR count). The third kappa shape index (κ3) is 2.99. The van der Waals surface area contributed by atoms with E-state index in [1.807, 2.05) is 6.07 Å². The molecule has 1 aromatic heterocycles. The SMILES string of the molecule is COC1CNC(C(=O)N(Cc2cccs2)C2CC2)C1. The van der Waals surface area contributed by atoms with Crippen LogP contribution in [0.4, 0.5) is 0 Å². The lowest BCUT2D eigenvalue weighted by Crippen LogP contribution is -2.44. The Balaban J connectivity index is 1.65. The molecule has 104 valence electrons. The summed E-state index contributed by atoms with van der Waals surface area (Å²) < 4.78 is 5.32. The Hall–Kier alpha value is -0.910. The first-order valence-electron chi connectivity index (χ1n) is 6.87. The highest BCUT2D eigenvalue weighted by Crippen LogP contribution is 2.30. The molecule has 5 heteroatoms. The van der Waals surface area contributed by atoms with Crippen molar-refractivity contribution in [2.24, 2.45) is 0 Å². The zero-order valence-electron chi connectivity index (χ0n) is 11.2. The molecule has 1 aromatic rings. The van der Waals surface area contributed by atoms with Crippen molar-refractivity contribution in [2.75, 3.05) is 13.7 Å². The maximum atomic E-state index is 12.6. The third-order valence-electron chi connectivity index (χ3n) is 3.90. The lowest BCUT2D eigenvalue weighted by molar-refractivity contribution is -0.134. The molecule has 1 N–H and O–H groups in total. The van der Waals surface area contributed by atoms with Crippen LogP contribution in [0.25, 0.3) is 0 Å². The molecule has 2 heterocycles. The standard InChI is InChI=1S/C14H20N2O2S/c1-18-11-7-13(15-8-11)14(17)16(10-4-5-10)9-12-3-2-6-19-12/h2-3,6,10-11,13,15H,4-5,7-9H2,1H3. The molecular weight excluding hydrogens is 260 g/mol. The topological polar surface area (TPSA) is 41.6 Å². The summed E-state index contributed by atoms with van der Waals surface area (Å²) in [4.78, 5) is 15.9. The minimum absolute atomic E-state index is 0.0643. The maximum Gasteiger partial charge on any atom is 0.240 e. The van der Waals surface area contributed by atoms with Crippen molar-refractivity contribution in [1.29, 1.82) is 0 Å². The fourth-order valence-corrected chi connectivity index (χ4v) is 3.32. The van der Waals surface area contributed by atoms with Gasteiger partial charge >= 0.3 is 0 Å². The lowest BCUT2D eigenvalue weighted by atomic mass is 10.1. The van der Waals surface area contributed by atoms with Gasteiger partial charge in [0.25, 0.3) is 0 Å². The van der Waals surface area contributed by atoms with Gasteiger partial charge in [0.15, 0.2) is 0 Å². The Morgan fingerprint density at radius 3 is 3.00 bits per heavy atom. The maximum absolute atomic E-state index is 12.6. The highest BCUT2D eigenvalue weighted by atomic mass is 32.1. The highest BCUT2D eigenvalue weighted by molar-refractivity contribution is 7.09. The second-order valence-corrected chi connectivity index (χ2v) is 6.36. The lowest BCUT2D eigenvalue weighted by Gasteiger charge is -2.25. The number of rotatable bonds is 5. The second-order valence-electron chi connectivity index (χ2n) is 5.33. The van der Waals surface area contributed by atoms with Crippen LogP contribution in [0, 0.1) is 0 Å². The van der Waals surface area contributed by atoms with E-state index in [1.54, 1.807) is 18.4 Å². The molecule has 2 atom stereocenters. The summed E-state index contributed by atoms with van der Waals surface area (Å²) in [6, 6.07) is 4.54. The fourth-order valence-electron chi connectivity index (χ4n) is 2.61. The number of nitrogens with zero attached hydrogens (tertiary/aromatic N) is 1. The number of nitrogens with one attached hydrogen (secondary N) is 1. The minimum Gasteiger partial charge on any atom is -0.380 e. The molecule has 2 unspecified atom stereocenters. The average Bonchev–Trinajstić information content (AvgIpc) is 2.95. The molecule has 2 aliphatic rings. The summed E-state index contributed by atoms with van der Waals surface area (Å²) in [6.07, 6.45) is 3.27. The van der Waals surface area contributed by atoms with Gasteiger partial charge in [0, 0.05) is 24.6 Å². The molecule has 1 saturated carbocycles. The van der Waals surface area contributed by atoms with Crippen LogP contribution in [-0.4, -0.2) is 42.6 Å². The zero-order chi connectivity index (χ0) is 13.2. The van der Waals surface area contributed by atoms with Gasteiger partial charge < -0.3 is 15.0 Å². The third-order valence-corrected chi connectivity index (χ3v) is 4.76. The van der Waals surface area contributed by atoms with Gasteiger partial charge in [-0.25, -0.2) is 0 Å². The summed E-state index contributed by atoms with van der Waals surface area (Å²) in [5.74, 6) is 0.246. The van der Waals surface area contributed by atoms with E-state index < -0.39 is 0 Å². The molecule has 1 amide bonds. The summed E-state index contributed by atoms with van der Waals surface area (Å²) >= 11 is 1.72. The van der Waals surface area contributed by atoms with Crippen LogP contribution in [-0.2, 0) is 16.1 Å². The van der Waals surface area contributed by atoms with Crippen LogP contribution >= 0.6 is 11.3 Å². The van der Waals surface area contributed by atoms with Crippen molar-refractivity contribution in [3.05, 3.63) is 22.4 Å². The van der Waals surface area contributed by atoms with Gasteiger partial charge in [-0.1, -0.05) is 6.07 Å². The number of ether oxygens (including phenoxy) is 1. The number of thiophene rings is 1. The Morgan fingerprint density at radius 1 is 1.58 bits per heavy atom. The van der Waals surface area contributed by atoms with E-state index >= 15 is 0 Å². The smallest absolute Gasteiger partial charge is 0.240 e. The molecule has 0 aromatic carbocycles. The van der Waals surface area contributed by atoms with Crippen molar-refractivity contribution >= 4 is 17.2 Å². The predicted molar refractivity (Wildman–Crippen MR) is 75.1 cm³/mol. The second kappa shape index (κ2) is 5.61. The highest BCUT2D eigenvalue weighted by Gasteiger charge is 2.38. The number of amides is 1. The molecule has 4 nitrogen and oxygen atoms in total. The van der Waals surface area contributed by atoms with Gasteiger partial charge in [0.2, 0.25) is 5.91 Å². The Kier molecular flexibility index (Phi) is 3.86. The van der Waals surface area contributed by atoms with Crippen LogP contribution in [0.15, 0.2) is 17.5 Å². The van der Waals surface area contributed by atoms with Crippen molar-refractivity contribution in [1.82, 2.24) is 10.2 Å². The van der Waals surface area contributed by atoms with Crippen molar-refractivity contribution in [3.63, 3.8) is 0 Å². The van der Waals surface area contributed by atoms with E-state index in [0.29, 0.717) is 6.04 Å². The summed E-state index contributed by atoms with van der Waals surface area (Å²) in [5, 5.41) is 5.36. The van der Waals surface area contributed by atoms with Crippen LogP contribution < -0.4 is 5.32 Å². The van der Waals surface area contributed by atoms with E-state index in [2.05, 4.69) is 21.7 Å². The zero-order valence-corrected chi connectivity index (χ0v) is 12.0. The van der Waals surface area contributed by atoms with Crippen LogP contribution in [0.2, 0.25) is 0 Å². The van der Waals surface area contributed by atoms with Gasteiger partial charge in [0.05, 0.1) is 18.7 Å². The molecule has 0 spiro atoms. The van der Waals surface area contributed by atoms with Gasteiger partial charge in [-0.15, -0.1) is 11.3 Å². The first kappa shape index (κ1) is 13.1. The fraction of sp³-hybridized carbons (Fsp3) is 0.643. The molecule has 2 fully saturated rings. The number of carbonyl (C=O) groups excluding carboxylic acids is 1. The van der Waals surface area contributed by atoms with Crippen molar-refractivity contribution < 1.29 is 9.53 Å². The monoisotopic (exact) mass is 280 g/mol. The Labute approximate surface area is 117 Å². The summed E-state index contributed by atoms with van der Waals surface area (Å²) in [5.41, 5.74) is 0. The van der Waals surface area contributed by atoms with E-state index in [9.17, 15) is 4.79 Å². The van der Waals surface area contributed by atoms with Gasteiger partial charge in [0.1, 0.15) is 0 Å². The van der Waals surface area contributed by atoms with Gasteiger partial charge in [-0.2, -0.15) is 0 Å². The molecule has 1 aliphatic heterocycles.